The molecule has 0 aliphatic rings. The van der Waals surface area contributed by atoms with Crippen LogP contribution in [0.3, 0.4) is 0 Å². The average molecular weight is 288 g/mol. The number of methoxy groups -OCH3 is 2. The van der Waals surface area contributed by atoms with E-state index >= 15 is 0 Å². The van der Waals surface area contributed by atoms with Gasteiger partial charge in [-0.1, -0.05) is 18.2 Å². The first-order chi connectivity index (χ1) is 10.1. The normalized spacial score (nSPS) is 10.0. The van der Waals surface area contributed by atoms with Crippen molar-refractivity contribution in [1.29, 1.82) is 0 Å². The fourth-order valence-corrected chi connectivity index (χ4v) is 1.91. The van der Waals surface area contributed by atoms with Crippen molar-refractivity contribution in [1.82, 2.24) is 0 Å². The zero-order valence-corrected chi connectivity index (χ0v) is 11.6. The van der Waals surface area contributed by atoms with Gasteiger partial charge in [0.2, 0.25) is 0 Å². The third kappa shape index (κ3) is 3.08. The van der Waals surface area contributed by atoms with Crippen molar-refractivity contribution in [2.24, 2.45) is 0 Å². The predicted octanol–water partition coefficient (Wildman–Crippen LogP) is 3.07. The Kier molecular flexibility index (Phi) is 4.33. The Morgan fingerprint density at radius 2 is 1.57 bits per heavy atom. The molecule has 0 aliphatic heterocycles. The van der Waals surface area contributed by atoms with Crippen LogP contribution in [0.2, 0.25) is 0 Å². The van der Waals surface area contributed by atoms with Gasteiger partial charge < -0.3 is 9.47 Å². The van der Waals surface area contributed by atoms with Gasteiger partial charge in [0.15, 0.2) is 0 Å². The van der Waals surface area contributed by atoms with Gasteiger partial charge >= 0.3 is 11.9 Å². The summed E-state index contributed by atoms with van der Waals surface area (Å²) in [5, 5.41) is 0. The first kappa shape index (κ1) is 14.7. The van der Waals surface area contributed by atoms with E-state index in [1.165, 1.54) is 32.4 Å². The van der Waals surface area contributed by atoms with Crippen LogP contribution >= 0.6 is 0 Å². The molecule has 0 unspecified atom stereocenters. The van der Waals surface area contributed by atoms with Gasteiger partial charge in [0.1, 0.15) is 5.82 Å². The summed E-state index contributed by atoms with van der Waals surface area (Å²) in [6.45, 7) is 0. The molecule has 0 aromatic heterocycles. The molecule has 0 saturated carbocycles. The second-order valence-electron chi connectivity index (χ2n) is 4.26. The summed E-state index contributed by atoms with van der Waals surface area (Å²) in [6.07, 6.45) is 0. The maximum Gasteiger partial charge on any atom is 0.340 e. The zero-order valence-electron chi connectivity index (χ0n) is 11.6. The van der Waals surface area contributed by atoms with E-state index in [-0.39, 0.29) is 5.56 Å². The molecule has 0 saturated heterocycles. The average Bonchev–Trinajstić information content (AvgIpc) is 2.54. The maximum absolute atomic E-state index is 13.6. The standard InChI is InChI=1S/C16H13FO4/c1-20-15(18)12-5-3-4-10(8-12)11-6-7-14(17)13(9-11)16(19)21-2/h3-9H,1-2H3. The Labute approximate surface area is 121 Å². The number of hydrogen-bond donors (Lipinski definition) is 0. The van der Waals surface area contributed by atoms with E-state index in [0.717, 1.165) is 0 Å². The number of carbonyl (C=O) groups excluding carboxylic acids is 2. The van der Waals surface area contributed by atoms with Gasteiger partial charge in [0.25, 0.3) is 0 Å². The number of hydrogen-bond acceptors (Lipinski definition) is 4. The number of esters is 2. The van der Waals surface area contributed by atoms with E-state index in [4.69, 9.17) is 0 Å². The molecular weight excluding hydrogens is 275 g/mol. The summed E-state index contributed by atoms with van der Waals surface area (Å²) in [4.78, 5) is 23.0. The molecule has 0 aliphatic carbocycles. The number of carbonyl (C=O) groups is 2. The number of ether oxygens (including phenoxy) is 2. The fourth-order valence-electron chi connectivity index (χ4n) is 1.91. The van der Waals surface area contributed by atoms with E-state index in [1.54, 1.807) is 24.3 Å². The van der Waals surface area contributed by atoms with Crippen LogP contribution in [0.4, 0.5) is 4.39 Å². The molecule has 4 nitrogen and oxygen atoms in total. The van der Waals surface area contributed by atoms with Gasteiger partial charge in [-0.3, -0.25) is 0 Å². The number of rotatable bonds is 3. The minimum absolute atomic E-state index is 0.154. The van der Waals surface area contributed by atoms with Crippen LogP contribution in [-0.2, 0) is 9.47 Å². The van der Waals surface area contributed by atoms with Crippen LogP contribution in [0.15, 0.2) is 42.5 Å². The molecule has 2 aromatic rings. The molecule has 0 N–H and O–H groups in total. The van der Waals surface area contributed by atoms with Crippen LogP contribution in [-0.4, -0.2) is 26.2 Å². The van der Waals surface area contributed by atoms with Crippen molar-refractivity contribution in [2.45, 2.75) is 0 Å². The molecular formula is C16H13FO4. The van der Waals surface area contributed by atoms with Crippen LogP contribution in [0.25, 0.3) is 11.1 Å². The Bertz CT molecular complexity index is 694. The molecule has 21 heavy (non-hydrogen) atoms. The van der Waals surface area contributed by atoms with Crippen LogP contribution in [0.1, 0.15) is 20.7 Å². The van der Waals surface area contributed by atoms with E-state index < -0.39 is 17.8 Å². The fraction of sp³-hybridized carbons (Fsp3) is 0.125. The summed E-state index contributed by atoms with van der Waals surface area (Å²) in [5.74, 6) is -1.87. The molecule has 0 bridgehead atoms. The number of benzene rings is 2. The zero-order chi connectivity index (χ0) is 15.4. The third-order valence-corrected chi connectivity index (χ3v) is 2.99. The van der Waals surface area contributed by atoms with Crippen molar-refractivity contribution in [3.8, 4) is 11.1 Å². The minimum Gasteiger partial charge on any atom is -0.465 e. The van der Waals surface area contributed by atoms with Crippen molar-refractivity contribution in [3.05, 3.63) is 59.4 Å². The molecule has 0 heterocycles. The molecule has 108 valence electrons. The van der Waals surface area contributed by atoms with Crippen LogP contribution < -0.4 is 0 Å². The highest BCUT2D eigenvalue weighted by Gasteiger charge is 2.14. The molecule has 0 fully saturated rings. The van der Waals surface area contributed by atoms with Crippen LogP contribution in [0.5, 0.6) is 0 Å². The summed E-state index contributed by atoms with van der Waals surface area (Å²) in [7, 11) is 2.48. The molecule has 0 spiro atoms. The van der Waals surface area contributed by atoms with Gasteiger partial charge in [-0.05, 0) is 35.4 Å². The molecule has 2 aromatic carbocycles. The molecule has 2 rings (SSSR count). The lowest BCUT2D eigenvalue weighted by Gasteiger charge is -2.07. The molecule has 0 amide bonds. The van der Waals surface area contributed by atoms with E-state index in [2.05, 4.69) is 9.47 Å². The lowest BCUT2D eigenvalue weighted by Crippen LogP contribution is -2.05. The smallest absolute Gasteiger partial charge is 0.340 e. The van der Waals surface area contributed by atoms with Crippen LogP contribution in [0, 0.1) is 5.82 Å². The SMILES string of the molecule is COC(=O)c1cccc(-c2ccc(F)c(C(=O)OC)c2)c1. The Hall–Kier alpha value is -2.69. The highest BCUT2D eigenvalue weighted by molar-refractivity contribution is 5.93. The third-order valence-electron chi connectivity index (χ3n) is 2.99. The maximum atomic E-state index is 13.6. The largest absolute Gasteiger partial charge is 0.465 e. The monoisotopic (exact) mass is 288 g/mol. The Morgan fingerprint density at radius 3 is 2.24 bits per heavy atom. The first-order valence-electron chi connectivity index (χ1n) is 6.13. The minimum atomic E-state index is -0.751. The van der Waals surface area contributed by atoms with Gasteiger partial charge in [-0.2, -0.15) is 0 Å². The van der Waals surface area contributed by atoms with E-state index in [1.807, 2.05) is 0 Å². The van der Waals surface area contributed by atoms with E-state index in [0.29, 0.717) is 16.7 Å². The molecule has 0 radical (unpaired) electrons. The highest BCUT2D eigenvalue weighted by atomic mass is 19.1. The van der Waals surface area contributed by atoms with Gasteiger partial charge in [-0.25, -0.2) is 14.0 Å². The predicted molar refractivity (Wildman–Crippen MR) is 74.5 cm³/mol. The van der Waals surface area contributed by atoms with E-state index in [9.17, 15) is 14.0 Å². The summed E-state index contributed by atoms with van der Waals surface area (Å²) in [6, 6.07) is 10.8. The molecule has 5 heteroatoms. The highest BCUT2D eigenvalue weighted by Crippen LogP contribution is 2.24. The van der Waals surface area contributed by atoms with Crippen molar-refractivity contribution in [3.63, 3.8) is 0 Å². The number of halogens is 1. The second-order valence-corrected chi connectivity index (χ2v) is 4.26. The van der Waals surface area contributed by atoms with Gasteiger partial charge in [0, 0.05) is 0 Å². The first-order valence-corrected chi connectivity index (χ1v) is 6.13. The summed E-state index contributed by atoms with van der Waals surface area (Å²) in [5.41, 5.74) is 1.49. The topological polar surface area (TPSA) is 52.6 Å². The summed E-state index contributed by atoms with van der Waals surface area (Å²) >= 11 is 0. The van der Waals surface area contributed by atoms with Gasteiger partial charge in [0.05, 0.1) is 25.3 Å². The van der Waals surface area contributed by atoms with Crippen molar-refractivity contribution < 1.29 is 23.5 Å². The van der Waals surface area contributed by atoms with Crippen molar-refractivity contribution in [2.75, 3.05) is 14.2 Å². The lowest BCUT2D eigenvalue weighted by molar-refractivity contribution is 0.0588. The quantitative estimate of drug-likeness (QED) is 0.814. The summed E-state index contributed by atoms with van der Waals surface area (Å²) < 4.78 is 22.8. The second kappa shape index (κ2) is 6.17. The lowest BCUT2D eigenvalue weighted by atomic mass is 10.0. The van der Waals surface area contributed by atoms with Gasteiger partial charge in [-0.15, -0.1) is 0 Å². The Morgan fingerprint density at radius 1 is 0.905 bits per heavy atom. The molecule has 0 atom stereocenters. The Balaban J connectivity index is 2.47. The van der Waals surface area contributed by atoms with Crippen molar-refractivity contribution >= 4 is 11.9 Å².